The van der Waals surface area contributed by atoms with Crippen LogP contribution in [0.2, 0.25) is 0 Å². The Bertz CT molecular complexity index is 361. The lowest BCUT2D eigenvalue weighted by atomic mass is 10.2. The van der Waals surface area contributed by atoms with Crippen LogP contribution < -0.4 is 6.15 Å². The minimum Gasteiger partial charge on any atom is -0.344 e. The molecular formula is C4H5F8NO3S. The van der Waals surface area contributed by atoms with E-state index >= 15 is 0 Å². The van der Waals surface area contributed by atoms with E-state index < -0.39 is 33.6 Å². The smallest absolute Gasteiger partial charge is 0.344 e. The van der Waals surface area contributed by atoms with Crippen LogP contribution in [0.3, 0.4) is 0 Å². The number of hydrogen-bond donors (Lipinski definition) is 2. The minimum atomic E-state index is -6.94. The third kappa shape index (κ3) is 3.16. The molecule has 0 amide bonds. The molecule has 13 heteroatoms. The van der Waals surface area contributed by atoms with Crippen LogP contribution in [-0.4, -0.2) is 36.5 Å². The molecule has 0 aromatic carbocycles. The first-order chi connectivity index (χ1) is 6.65. The summed E-state index contributed by atoms with van der Waals surface area (Å²) in [5.41, 5.74) is -5.09. The molecule has 0 radical (unpaired) electrons. The van der Waals surface area contributed by atoms with Crippen molar-refractivity contribution in [3.05, 3.63) is 0 Å². The van der Waals surface area contributed by atoms with Crippen LogP contribution in [0.4, 0.5) is 35.1 Å². The van der Waals surface area contributed by atoms with Gasteiger partial charge in [0.05, 0.1) is 0 Å². The van der Waals surface area contributed by atoms with Gasteiger partial charge in [0.1, 0.15) is 0 Å². The molecule has 0 aliphatic rings. The first-order valence-electron chi connectivity index (χ1n) is 3.08. The highest BCUT2D eigenvalue weighted by Crippen LogP contribution is 2.49. The maximum Gasteiger partial charge on any atom is 0.460 e. The van der Waals surface area contributed by atoms with E-state index in [1.54, 1.807) is 0 Å². The fraction of sp³-hybridized carbons (Fsp3) is 1.00. The van der Waals surface area contributed by atoms with E-state index in [0.717, 1.165) is 0 Å². The summed E-state index contributed by atoms with van der Waals surface area (Å²) in [6, 6.07) is 0. The van der Waals surface area contributed by atoms with Crippen molar-refractivity contribution in [2.45, 2.75) is 23.5 Å². The Kier molecular flexibility index (Phi) is 4.97. The number of halogens is 8. The lowest BCUT2D eigenvalue weighted by Crippen LogP contribution is -2.58. The van der Waals surface area contributed by atoms with Gasteiger partial charge in [-0.1, -0.05) is 0 Å². The molecule has 0 aliphatic carbocycles. The van der Waals surface area contributed by atoms with Crippen LogP contribution in [0, 0.1) is 0 Å². The fourth-order valence-electron chi connectivity index (χ4n) is 0.519. The van der Waals surface area contributed by atoms with Gasteiger partial charge in [-0.05, 0) is 0 Å². The number of alkyl halides is 8. The molecule has 0 rings (SSSR count). The highest BCUT2D eigenvalue weighted by Gasteiger charge is 2.78. The minimum absolute atomic E-state index is 0. The van der Waals surface area contributed by atoms with E-state index in [1.165, 1.54) is 0 Å². The molecule has 1 unspecified atom stereocenters. The molecule has 0 aliphatic heterocycles. The molecule has 0 bridgehead atoms. The summed E-state index contributed by atoms with van der Waals surface area (Å²) in [4.78, 5) is 0. The van der Waals surface area contributed by atoms with Crippen molar-refractivity contribution < 1.29 is 48.1 Å². The van der Waals surface area contributed by atoms with Crippen molar-refractivity contribution in [2.75, 3.05) is 0 Å². The highest BCUT2D eigenvalue weighted by molar-refractivity contribution is 7.86. The zero-order valence-corrected chi connectivity index (χ0v) is 8.30. The number of hydrogen-bond acceptors (Lipinski definition) is 3. The third-order valence-corrected chi connectivity index (χ3v) is 2.14. The van der Waals surface area contributed by atoms with Crippen molar-refractivity contribution in [2.24, 2.45) is 0 Å². The average Bonchev–Trinajstić information content (AvgIpc) is 1.98. The lowest BCUT2D eigenvalue weighted by Gasteiger charge is -2.28. The fourth-order valence-corrected chi connectivity index (χ4v) is 1.04. The predicted octanol–water partition coefficient (Wildman–Crippen LogP) is 2.16. The first kappa shape index (κ1) is 18.7. The Labute approximate surface area is 88.9 Å². The van der Waals surface area contributed by atoms with Crippen molar-refractivity contribution in [3.8, 4) is 0 Å². The van der Waals surface area contributed by atoms with Crippen LogP contribution in [0.1, 0.15) is 0 Å². The second-order valence-electron chi connectivity index (χ2n) is 2.53. The van der Waals surface area contributed by atoms with Gasteiger partial charge in [-0.15, -0.1) is 0 Å². The van der Waals surface area contributed by atoms with Gasteiger partial charge in [0.2, 0.25) is 0 Å². The third-order valence-electron chi connectivity index (χ3n) is 1.32. The topological polar surface area (TPSA) is 89.4 Å². The summed E-state index contributed by atoms with van der Waals surface area (Å²) in [5, 5.41) is 0. The molecule has 4 nitrogen and oxygen atoms in total. The summed E-state index contributed by atoms with van der Waals surface area (Å²) in [5.74, 6) is -13.6. The first-order valence-corrected chi connectivity index (χ1v) is 4.58. The van der Waals surface area contributed by atoms with E-state index in [4.69, 9.17) is 4.55 Å². The molecule has 106 valence electrons. The standard InChI is InChI=1S/C4H2F8O3S.H3N/c5-1(16(13,14)15)2(6,7)3(8,9)4(10,11)12;/h1H,(H,13,14,15);1H3. The predicted molar refractivity (Wildman–Crippen MR) is 37.4 cm³/mol. The Hall–Kier alpha value is -0.690. The molecule has 0 fully saturated rings. The van der Waals surface area contributed by atoms with E-state index in [1.807, 2.05) is 0 Å². The van der Waals surface area contributed by atoms with Gasteiger partial charge in [0, 0.05) is 0 Å². The van der Waals surface area contributed by atoms with Gasteiger partial charge < -0.3 is 6.15 Å². The second kappa shape index (κ2) is 4.53. The SMILES string of the molecule is N.O=S(=O)(O)C(F)C(F)(F)C(F)(F)C(F)(F)F. The molecular weight excluding hydrogens is 294 g/mol. The molecule has 0 spiro atoms. The van der Waals surface area contributed by atoms with Crippen LogP contribution >= 0.6 is 0 Å². The molecule has 0 aromatic rings. The maximum atomic E-state index is 12.2. The van der Waals surface area contributed by atoms with Gasteiger partial charge in [-0.25, -0.2) is 4.39 Å². The Morgan fingerprint density at radius 1 is 0.941 bits per heavy atom. The van der Waals surface area contributed by atoms with E-state index in [9.17, 15) is 43.5 Å². The Balaban J connectivity index is 0. The molecule has 17 heavy (non-hydrogen) atoms. The van der Waals surface area contributed by atoms with Gasteiger partial charge in [0.15, 0.2) is 0 Å². The quantitative estimate of drug-likeness (QED) is 0.617. The normalized spacial score (nSPS) is 16.3. The summed E-state index contributed by atoms with van der Waals surface area (Å²) in [6.07, 6.45) is -6.87. The van der Waals surface area contributed by atoms with Gasteiger partial charge >= 0.3 is 28.1 Å². The van der Waals surface area contributed by atoms with E-state index in [2.05, 4.69) is 0 Å². The average molecular weight is 299 g/mol. The molecule has 1 atom stereocenters. The Morgan fingerprint density at radius 3 is 1.41 bits per heavy atom. The van der Waals surface area contributed by atoms with Crippen molar-refractivity contribution >= 4 is 10.1 Å². The largest absolute Gasteiger partial charge is 0.460 e. The molecule has 0 saturated carbocycles. The summed E-state index contributed by atoms with van der Waals surface area (Å²) in [7, 11) is -6.40. The maximum absolute atomic E-state index is 12.2. The zero-order chi connectivity index (χ0) is 13.6. The number of rotatable bonds is 3. The summed E-state index contributed by atoms with van der Waals surface area (Å²) >= 11 is 0. The van der Waals surface area contributed by atoms with Crippen molar-refractivity contribution in [3.63, 3.8) is 0 Å². The molecule has 4 N–H and O–H groups in total. The molecule has 0 saturated heterocycles. The van der Waals surface area contributed by atoms with Crippen LogP contribution in [0.15, 0.2) is 0 Å². The monoisotopic (exact) mass is 299 g/mol. The molecule has 0 heterocycles. The lowest BCUT2D eigenvalue weighted by molar-refractivity contribution is -0.360. The van der Waals surface area contributed by atoms with Gasteiger partial charge in [0.25, 0.3) is 5.50 Å². The second-order valence-corrected chi connectivity index (χ2v) is 3.97. The summed E-state index contributed by atoms with van der Waals surface area (Å²) < 4.78 is 122. The van der Waals surface area contributed by atoms with Crippen molar-refractivity contribution in [1.29, 1.82) is 0 Å². The van der Waals surface area contributed by atoms with Crippen LogP contribution in [-0.2, 0) is 10.1 Å². The van der Waals surface area contributed by atoms with E-state index in [-0.39, 0.29) is 6.15 Å². The highest BCUT2D eigenvalue weighted by atomic mass is 32.2. The van der Waals surface area contributed by atoms with Gasteiger partial charge in [-0.3, -0.25) is 4.55 Å². The van der Waals surface area contributed by atoms with Crippen molar-refractivity contribution in [1.82, 2.24) is 6.15 Å². The Morgan fingerprint density at radius 2 is 1.24 bits per heavy atom. The van der Waals surface area contributed by atoms with E-state index in [0.29, 0.717) is 0 Å². The molecule has 0 aromatic heterocycles. The summed E-state index contributed by atoms with van der Waals surface area (Å²) in [6.45, 7) is 0. The van der Waals surface area contributed by atoms with Crippen LogP contribution in [0.5, 0.6) is 0 Å². The van der Waals surface area contributed by atoms with Gasteiger partial charge in [-0.2, -0.15) is 39.2 Å². The van der Waals surface area contributed by atoms with Crippen LogP contribution in [0.25, 0.3) is 0 Å². The zero-order valence-electron chi connectivity index (χ0n) is 7.48.